The SMILES string of the molecule is O=C(Nc1cc(-c2cnsc2)cc2c1C(c1cc(F)ccc1Cl)NC2=O)c1cc(F)cc(C(F)(F)F)c1. The Labute approximate surface area is 215 Å². The zero-order valence-corrected chi connectivity index (χ0v) is 19.9. The molecule has 2 N–H and O–H groups in total. The van der Waals surface area contributed by atoms with Gasteiger partial charge in [0.2, 0.25) is 0 Å². The summed E-state index contributed by atoms with van der Waals surface area (Å²) in [6.07, 6.45) is -3.34. The lowest BCUT2D eigenvalue weighted by atomic mass is 9.93. The summed E-state index contributed by atoms with van der Waals surface area (Å²) in [5.41, 5.74) is -0.189. The van der Waals surface area contributed by atoms with Gasteiger partial charge >= 0.3 is 6.18 Å². The number of carbonyl (C=O) groups is 2. The lowest BCUT2D eigenvalue weighted by Crippen LogP contribution is -2.21. The van der Waals surface area contributed by atoms with Crippen molar-refractivity contribution in [3.63, 3.8) is 0 Å². The first-order chi connectivity index (χ1) is 17.5. The second-order valence-corrected chi connectivity index (χ2v) is 9.22. The molecular formula is C25H13ClF5N3O2S. The molecule has 3 aromatic carbocycles. The minimum atomic E-state index is -4.88. The average molecular weight is 550 g/mol. The van der Waals surface area contributed by atoms with Crippen molar-refractivity contribution in [2.45, 2.75) is 12.2 Å². The van der Waals surface area contributed by atoms with E-state index in [0.29, 0.717) is 23.3 Å². The van der Waals surface area contributed by atoms with E-state index in [1.165, 1.54) is 18.3 Å². The third kappa shape index (κ3) is 4.79. The molecule has 0 aliphatic carbocycles. The summed E-state index contributed by atoms with van der Waals surface area (Å²) < 4.78 is 71.6. The summed E-state index contributed by atoms with van der Waals surface area (Å²) >= 11 is 7.42. The van der Waals surface area contributed by atoms with Gasteiger partial charge in [-0.1, -0.05) is 11.6 Å². The van der Waals surface area contributed by atoms with Gasteiger partial charge in [0.1, 0.15) is 11.6 Å². The molecule has 5 nitrogen and oxygen atoms in total. The standard InChI is InChI=1S/C25H13ClF5N3O2S/c26-19-2-1-15(27)8-17(19)22-21-18(24(36)34-22)5-11(13-9-32-37-10-13)6-20(21)33-23(35)12-3-14(25(29,30)31)7-16(28)4-12/h1-10,22H,(H,33,35)(H,34,36). The summed E-state index contributed by atoms with van der Waals surface area (Å²) in [6.45, 7) is 0. The van der Waals surface area contributed by atoms with Crippen LogP contribution in [0.25, 0.3) is 11.1 Å². The Kier molecular flexibility index (Phi) is 6.20. The number of amides is 2. The fraction of sp³-hybridized carbons (Fsp3) is 0.0800. The molecule has 4 aromatic rings. The van der Waals surface area contributed by atoms with Gasteiger partial charge in [-0.15, -0.1) is 0 Å². The van der Waals surface area contributed by atoms with Crippen LogP contribution in [0.5, 0.6) is 0 Å². The number of alkyl halides is 3. The Bertz CT molecular complexity index is 1560. The van der Waals surface area contributed by atoms with Gasteiger partial charge in [-0.25, -0.2) is 13.2 Å². The lowest BCUT2D eigenvalue weighted by molar-refractivity contribution is -0.137. The number of benzene rings is 3. The Morgan fingerprint density at radius 1 is 1.03 bits per heavy atom. The van der Waals surface area contributed by atoms with Gasteiger partial charge in [-0.3, -0.25) is 9.59 Å². The third-order valence-electron chi connectivity index (χ3n) is 5.76. The number of anilines is 1. The van der Waals surface area contributed by atoms with E-state index in [-0.39, 0.29) is 33.5 Å². The minimum Gasteiger partial charge on any atom is -0.341 e. The van der Waals surface area contributed by atoms with E-state index >= 15 is 0 Å². The predicted octanol–water partition coefficient (Wildman–Crippen LogP) is 6.85. The molecule has 0 radical (unpaired) electrons. The fourth-order valence-corrected chi connectivity index (χ4v) is 4.87. The van der Waals surface area contributed by atoms with Crippen molar-refractivity contribution < 1.29 is 31.5 Å². The molecule has 5 rings (SSSR count). The molecule has 0 saturated carbocycles. The molecule has 1 aliphatic heterocycles. The largest absolute Gasteiger partial charge is 0.416 e. The molecule has 2 amide bonds. The van der Waals surface area contributed by atoms with Crippen LogP contribution in [0.3, 0.4) is 0 Å². The maximum absolute atomic E-state index is 14.1. The zero-order valence-electron chi connectivity index (χ0n) is 18.3. The molecule has 188 valence electrons. The number of nitrogens with one attached hydrogen (secondary N) is 2. The number of nitrogens with zero attached hydrogens (tertiary/aromatic N) is 1. The Morgan fingerprint density at radius 2 is 1.81 bits per heavy atom. The fourth-order valence-electron chi connectivity index (χ4n) is 4.10. The Hall–Kier alpha value is -3.83. The van der Waals surface area contributed by atoms with E-state index in [4.69, 9.17) is 11.6 Å². The molecule has 12 heteroatoms. The van der Waals surface area contributed by atoms with Crippen LogP contribution in [-0.4, -0.2) is 16.2 Å². The van der Waals surface area contributed by atoms with Crippen LogP contribution < -0.4 is 10.6 Å². The molecule has 1 unspecified atom stereocenters. The Balaban J connectivity index is 1.65. The number of carbonyl (C=O) groups excluding carboxylic acids is 2. The third-order valence-corrected chi connectivity index (χ3v) is 6.69. The monoisotopic (exact) mass is 549 g/mol. The number of aromatic nitrogens is 1. The summed E-state index contributed by atoms with van der Waals surface area (Å²) in [7, 11) is 0. The highest BCUT2D eigenvalue weighted by molar-refractivity contribution is 7.03. The van der Waals surface area contributed by atoms with Gasteiger partial charge in [-0.2, -0.15) is 13.2 Å². The first-order valence-electron chi connectivity index (χ1n) is 10.5. The lowest BCUT2D eigenvalue weighted by Gasteiger charge is -2.19. The van der Waals surface area contributed by atoms with Crippen molar-refractivity contribution in [2.24, 2.45) is 0 Å². The van der Waals surface area contributed by atoms with E-state index in [1.54, 1.807) is 11.4 Å². The van der Waals surface area contributed by atoms with Gasteiger partial charge in [0.05, 0.1) is 11.6 Å². The quantitative estimate of drug-likeness (QED) is 0.274. The average Bonchev–Trinajstić information content (AvgIpc) is 3.48. The van der Waals surface area contributed by atoms with Crippen molar-refractivity contribution in [1.82, 2.24) is 9.69 Å². The number of fused-ring (bicyclic) bond motifs is 1. The van der Waals surface area contributed by atoms with Crippen molar-refractivity contribution in [3.05, 3.63) is 105 Å². The molecule has 1 aliphatic rings. The van der Waals surface area contributed by atoms with E-state index in [1.807, 2.05) is 0 Å². The van der Waals surface area contributed by atoms with Crippen LogP contribution in [0.4, 0.5) is 27.6 Å². The summed E-state index contributed by atoms with van der Waals surface area (Å²) in [5, 5.41) is 7.05. The van der Waals surface area contributed by atoms with Gasteiger partial charge in [-0.05, 0) is 65.6 Å². The van der Waals surface area contributed by atoms with Crippen LogP contribution in [0.15, 0.2) is 60.1 Å². The van der Waals surface area contributed by atoms with Crippen LogP contribution in [0, 0.1) is 11.6 Å². The molecule has 2 heterocycles. The van der Waals surface area contributed by atoms with Gasteiger partial charge in [0.25, 0.3) is 11.8 Å². The summed E-state index contributed by atoms with van der Waals surface area (Å²) in [4.78, 5) is 26.0. The molecule has 0 fully saturated rings. The van der Waals surface area contributed by atoms with Crippen LogP contribution >= 0.6 is 23.1 Å². The molecule has 1 atom stereocenters. The first-order valence-corrected chi connectivity index (χ1v) is 11.8. The normalized spacial score (nSPS) is 14.9. The zero-order chi connectivity index (χ0) is 26.5. The second-order valence-electron chi connectivity index (χ2n) is 8.15. The topological polar surface area (TPSA) is 71.1 Å². The van der Waals surface area contributed by atoms with Gasteiger partial charge < -0.3 is 10.6 Å². The van der Waals surface area contributed by atoms with E-state index < -0.39 is 46.8 Å². The van der Waals surface area contributed by atoms with Gasteiger partial charge in [0.15, 0.2) is 0 Å². The first kappa shape index (κ1) is 24.8. The van der Waals surface area contributed by atoms with Crippen molar-refractivity contribution in [2.75, 3.05) is 5.32 Å². The molecule has 0 bridgehead atoms. The molecule has 37 heavy (non-hydrogen) atoms. The Morgan fingerprint density at radius 3 is 2.51 bits per heavy atom. The van der Waals surface area contributed by atoms with Crippen molar-refractivity contribution >= 4 is 40.6 Å². The number of rotatable bonds is 4. The highest BCUT2D eigenvalue weighted by Crippen LogP contribution is 2.42. The number of halogens is 6. The smallest absolute Gasteiger partial charge is 0.341 e. The number of hydrogen-bond donors (Lipinski definition) is 2. The molecular weight excluding hydrogens is 537 g/mol. The van der Waals surface area contributed by atoms with Gasteiger partial charge in [0, 0.05) is 50.1 Å². The molecule has 1 aromatic heterocycles. The van der Waals surface area contributed by atoms with E-state index in [0.717, 1.165) is 23.7 Å². The summed E-state index contributed by atoms with van der Waals surface area (Å²) in [5.74, 6) is -3.44. The van der Waals surface area contributed by atoms with Crippen molar-refractivity contribution in [1.29, 1.82) is 0 Å². The maximum atomic E-state index is 14.1. The van der Waals surface area contributed by atoms with Crippen molar-refractivity contribution in [3.8, 4) is 11.1 Å². The van der Waals surface area contributed by atoms with E-state index in [2.05, 4.69) is 15.0 Å². The predicted molar refractivity (Wildman–Crippen MR) is 128 cm³/mol. The minimum absolute atomic E-state index is 0.0465. The molecule has 0 spiro atoms. The number of hydrogen-bond acceptors (Lipinski definition) is 4. The van der Waals surface area contributed by atoms with Crippen LogP contribution in [0.1, 0.15) is 43.4 Å². The van der Waals surface area contributed by atoms with E-state index in [9.17, 15) is 31.5 Å². The summed E-state index contributed by atoms with van der Waals surface area (Å²) in [6, 6.07) is 7.14. The highest BCUT2D eigenvalue weighted by Gasteiger charge is 2.36. The van der Waals surface area contributed by atoms with Crippen LogP contribution in [-0.2, 0) is 6.18 Å². The maximum Gasteiger partial charge on any atom is 0.416 e. The molecule has 0 saturated heterocycles. The van der Waals surface area contributed by atoms with Crippen LogP contribution in [0.2, 0.25) is 5.02 Å². The highest BCUT2D eigenvalue weighted by atomic mass is 35.5. The second kappa shape index (κ2) is 9.24.